The zero-order valence-corrected chi connectivity index (χ0v) is 21.1. The number of hydrogen-bond donors (Lipinski definition) is 1. The van der Waals surface area contributed by atoms with Gasteiger partial charge in [-0.25, -0.2) is 8.42 Å². The van der Waals surface area contributed by atoms with Crippen LogP contribution in [0.2, 0.25) is 10.0 Å². The topological polar surface area (TPSA) is 66.5 Å². The second kappa shape index (κ2) is 10.8. The molecule has 5 nitrogen and oxygen atoms in total. The first-order valence-electron chi connectivity index (χ1n) is 9.67. The van der Waals surface area contributed by atoms with Gasteiger partial charge in [0.15, 0.2) is 0 Å². The summed E-state index contributed by atoms with van der Waals surface area (Å²) in [6, 6.07) is 18.8. The summed E-state index contributed by atoms with van der Waals surface area (Å²) in [6.45, 7) is 1.84. The molecule has 0 spiro atoms. The van der Waals surface area contributed by atoms with Gasteiger partial charge < -0.3 is 5.32 Å². The van der Waals surface area contributed by atoms with Gasteiger partial charge in [0.2, 0.25) is 15.9 Å². The average Bonchev–Trinajstić information content (AvgIpc) is 2.75. The lowest BCUT2D eigenvalue weighted by atomic mass is 10.1. The second-order valence-electron chi connectivity index (χ2n) is 7.23. The molecule has 0 heterocycles. The molecule has 0 unspecified atom stereocenters. The van der Waals surface area contributed by atoms with E-state index in [4.69, 9.17) is 23.2 Å². The van der Waals surface area contributed by atoms with Gasteiger partial charge in [0.05, 0.1) is 11.4 Å². The Labute approximate surface area is 206 Å². The minimum atomic E-state index is -3.97. The molecule has 9 heteroatoms. The fourth-order valence-corrected chi connectivity index (χ4v) is 5.05. The number of rotatable bonds is 8. The van der Waals surface area contributed by atoms with E-state index in [1.54, 1.807) is 30.3 Å². The van der Waals surface area contributed by atoms with E-state index in [9.17, 15) is 13.2 Å². The van der Waals surface area contributed by atoms with Gasteiger partial charge in [0.25, 0.3) is 0 Å². The summed E-state index contributed by atoms with van der Waals surface area (Å²) in [6.07, 6.45) is 0. The molecule has 0 saturated heterocycles. The Morgan fingerprint density at radius 1 is 1.00 bits per heavy atom. The molecule has 0 aliphatic heterocycles. The highest BCUT2D eigenvalue weighted by Gasteiger charge is 2.27. The van der Waals surface area contributed by atoms with Crippen LogP contribution in [0, 0.1) is 6.92 Å². The van der Waals surface area contributed by atoms with Crippen LogP contribution in [-0.2, 0) is 27.9 Å². The van der Waals surface area contributed by atoms with Gasteiger partial charge in [-0.05, 0) is 54.4 Å². The first-order valence-corrected chi connectivity index (χ1v) is 12.7. The lowest BCUT2D eigenvalue weighted by molar-refractivity contribution is -0.121. The average molecular weight is 556 g/mol. The van der Waals surface area contributed by atoms with Gasteiger partial charge in [-0.2, -0.15) is 4.31 Å². The number of amides is 1. The van der Waals surface area contributed by atoms with Gasteiger partial charge in [-0.15, -0.1) is 0 Å². The predicted molar refractivity (Wildman–Crippen MR) is 131 cm³/mol. The monoisotopic (exact) mass is 554 g/mol. The van der Waals surface area contributed by atoms with Gasteiger partial charge in [-0.3, -0.25) is 4.79 Å². The lowest BCUT2D eigenvalue weighted by Gasteiger charge is -2.22. The Morgan fingerprint density at radius 3 is 2.28 bits per heavy atom. The minimum absolute atomic E-state index is 0.0770. The van der Waals surface area contributed by atoms with Crippen molar-refractivity contribution in [2.45, 2.75) is 24.9 Å². The number of aryl methyl sites for hydroxylation is 1. The molecule has 1 amide bonds. The van der Waals surface area contributed by atoms with Crippen LogP contribution in [0.4, 0.5) is 0 Å². The fourth-order valence-electron chi connectivity index (χ4n) is 2.94. The summed E-state index contributed by atoms with van der Waals surface area (Å²) >= 11 is 15.5. The highest BCUT2D eigenvalue weighted by molar-refractivity contribution is 9.10. The van der Waals surface area contributed by atoms with Crippen LogP contribution in [0.1, 0.15) is 16.7 Å². The van der Waals surface area contributed by atoms with E-state index in [-0.39, 0.29) is 18.0 Å². The van der Waals surface area contributed by atoms with Crippen molar-refractivity contribution in [3.63, 3.8) is 0 Å². The number of benzene rings is 3. The summed E-state index contributed by atoms with van der Waals surface area (Å²) in [7, 11) is -3.97. The Balaban J connectivity index is 1.82. The van der Waals surface area contributed by atoms with E-state index >= 15 is 0 Å². The summed E-state index contributed by atoms with van der Waals surface area (Å²) in [4.78, 5) is 12.8. The Morgan fingerprint density at radius 2 is 1.66 bits per heavy atom. The number of carbonyl (C=O) groups excluding carboxylic acids is 1. The number of halogens is 3. The van der Waals surface area contributed by atoms with Crippen LogP contribution in [-0.4, -0.2) is 25.2 Å². The Kier molecular flexibility index (Phi) is 8.36. The van der Waals surface area contributed by atoms with Crippen molar-refractivity contribution < 1.29 is 13.2 Å². The number of sulfonamides is 1. The van der Waals surface area contributed by atoms with Crippen LogP contribution < -0.4 is 5.32 Å². The van der Waals surface area contributed by atoms with Gasteiger partial charge in [0, 0.05) is 27.6 Å². The zero-order valence-electron chi connectivity index (χ0n) is 17.2. The van der Waals surface area contributed by atoms with E-state index in [1.165, 1.54) is 12.1 Å². The van der Waals surface area contributed by atoms with Crippen LogP contribution in [0.3, 0.4) is 0 Å². The quantitative estimate of drug-likeness (QED) is 0.395. The van der Waals surface area contributed by atoms with Crippen molar-refractivity contribution in [3.8, 4) is 0 Å². The normalized spacial score (nSPS) is 11.5. The highest BCUT2D eigenvalue weighted by atomic mass is 79.9. The minimum Gasteiger partial charge on any atom is -0.351 e. The van der Waals surface area contributed by atoms with Crippen LogP contribution >= 0.6 is 39.1 Å². The standard InChI is InChI=1S/C23H21BrCl2N2O3S/c1-16-2-4-17(5-3-16)13-27-23(29)15-28(14-18-6-9-20(25)12-22(18)26)32(30,31)21-10-7-19(24)8-11-21/h2-12H,13-15H2,1H3,(H,27,29). The summed E-state index contributed by atoms with van der Waals surface area (Å²) in [5.74, 6) is -0.420. The van der Waals surface area contributed by atoms with E-state index in [0.29, 0.717) is 22.2 Å². The molecule has 0 bridgehead atoms. The van der Waals surface area contributed by atoms with E-state index in [1.807, 2.05) is 31.2 Å². The molecule has 0 aliphatic carbocycles. The largest absolute Gasteiger partial charge is 0.351 e. The number of carbonyl (C=O) groups is 1. The predicted octanol–water partition coefficient (Wildman–Crippen LogP) is 5.57. The first-order chi connectivity index (χ1) is 15.1. The molecule has 1 N–H and O–H groups in total. The molecule has 3 rings (SSSR count). The third-order valence-corrected chi connectivity index (χ3v) is 7.66. The summed E-state index contributed by atoms with van der Waals surface area (Å²) in [5.41, 5.74) is 2.58. The molecule has 3 aromatic rings. The maximum atomic E-state index is 13.3. The van der Waals surface area contributed by atoms with Gasteiger partial charge in [0.1, 0.15) is 0 Å². The van der Waals surface area contributed by atoms with Crippen molar-refractivity contribution in [1.82, 2.24) is 9.62 Å². The molecule has 0 saturated carbocycles. The third-order valence-electron chi connectivity index (χ3n) is 4.74. The Bertz CT molecular complexity index is 1200. The molecule has 0 fully saturated rings. The molecular weight excluding hydrogens is 535 g/mol. The van der Waals surface area contributed by atoms with Crippen LogP contribution in [0.5, 0.6) is 0 Å². The highest BCUT2D eigenvalue weighted by Crippen LogP contribution is 2.25. The zero-order chi connectivity index (χ0) is 23.3. The molecular formula is C23H21BrCl2N2O3S. The molecule has 0 aliphatic rings. The maximum absolute atomic E-state index is 13.3. The summed E-state index contributed by atoms with van der Waals surface area (Å²) < 4.78 is 28.5. The van der Waals surface area contributed by atoms with E-state index in [2.05, 4.69) is 21.2 Å². The Hall–Kier alpha value is -1.90. The third kappa shape index (κ3) is 6.56. The number of nitrogens with zero attached hydrogens (tertiary/aromatic N) is 1. The second-order valence-corrected chi connectivity index (χ2v) is 10.9. The summed E-state index contributed by atoms with van der Waals surface area (Å²) in [5, 5.41) is 3.55. The van der Waals surface area contributed by atoms with Crippen molar-refractivity contribution >= 4 is 55.1 Å². The fraction of sp³-hybridized carbons (Fsp3) is 0.174. The van der Waals surface area contributed by atoms with E-state index in [0.717, 1.165) is 19.9 Å². The van der Waals surface area contributed by atoms with Crippen LogP contribution in [0.15, 0.2) is 76.1 Å². The molecule has 32 heavy (non-hydrogen) atoms. The molecule has 3 aromatic carbocycles. The van der Waals surface area contributed by atoms with Crippen molar-refractivity contribution in [2.75, 3.05) is 6.54 Å². The lowest BCUT2D eigenvalue weighted by Crippen LogP contribution is -2.40. The van der Waals surface area contributed by atoms with Gasteiger partial charge >= 0.3 is 0 Å². The van der Waals surface area contributed by atoms with Crippen LogP contribution in [0.25, 0.3) is 0 Å². The molecule has 0 radical (unpaired) electrons. The van der Waals surface area contributed by atoms with Crippen molar-refractivity contribution in [3.05, 3.63) is 97.9 Å². The number of nitrogens with one attached hydrogen (secondary N) is 1. The van der Waals surface area contributed by atoms with Gasteiger partial charge in [-0.1, -0.05) is 75.0 Å². The first kappa shape index (κ1) is 24.7. The molecule has 168 valence electrons. The molecule has 0 aromatic heterocycles. The smallest absolute Gasteiger partial charge is 0.243 e. The van der Waals surface area contributed by atoms with Crippen molar-refractivity contribution in [2.24, 2.45) is 0 Å². The van der Waals surface area contributed by atoms with E-state index < -0.39 is 15.9 Å². The maximum Gasteiger partial charge on any atom is 0.243 e. The van der Waals surface area contributed by atoms with Crippen molar-refractivity contribution in [1.29, 1.82) is 0 Å². The number of hydrogen-bond acceptors (Lipinski definition) is 3. The SMILES string of the molecule is Cc1ccc(CNC(=O)CN(Cc2ccc(Cl)cc2Cl)S(=O)(=O)c2ccc(Br)cc2)cc1. The molecule has 0 atom stereocenters.